The van der Waals surface area contributed by atoms with E-state index in [1.807, 2.05) is 25.1 Å². The Morgan fingerprint density at radius 1 is 1.32 bits per heavy atom. The van der Waals surface area contributed by atoms with E-state index in [0.717, 1.165) is 11.3 Å². The second kappa shape index (κ2) is 7.28. The van der Waals surface area contributed by atoms with E-state index in [0.29, 0.717) is 28.1 Å². The van der Waals surface area contributed by atoms with Crippen LogP contribution in [0.15, 0.2) is 34.2 Å². The number of rotatable bonds is 5. The fourth-order valence-electron chi connectivity index (χ4n) is 2.29. The lowest BCUT2D eigenvalue weighted by Crippen LogP contribution is -2.24. The number of fused-ring (bicyclic) bond motifs is 1. The molecule has 0 aliphatic carbocycles. The third-order valence-electron chi connectivity index (χ3n) is 3.84. The molecule has 0 spiro atoms. The average molecular weight is 378 g/mol. The van der Waals surface area contributed by atoms with E-state index in [1.54, 1.807) is 17.4 Å². The number of H-pyrrole nitrogens is 1. The number of nitrogens with zero attached hydrogens (tertiary/aromatic N) is 3. The molecule has 7 nitrogen and oxygen atoms in total. The van der Waals surface area contributed by atoms with Gasteiger partial charge in [0, 0.05) is 22.8 Å². The van der Waals surface area contributed by atoms with Crippen LogP contribution < -0.4 is 10.9 Å². The molecule has 0 radical (unpaired) electrons. The third kappa shape index (κ3) is 3.69. The maximum absolute atomic E-state index is 12.1. The molecular formula is C16H16ClN5O2S. The molecule has 2 aromatic heterocycles. The zero-order chi connectivity index (χ0) is 18.0. The molecule has 1 amide bonds. The Bertz CT molecular complexity index is 998. The SMILES string of the molecule is Cc1c(C)n2c(SCC(=O)NCc3ccccc3Cl)nnc2[nH]c1=O. The molecule has 2 heterocycles. The van der Waals surface area contributed by atoms with Crippen molar-refractivity contribution in [2.75, 3.05) is 5.75 Å². The highest BCUT2D eigenvalue weighted by Gasteiger charge is 2.14. The van der Waals surface area contributed by atoms with Crippen LogP contribution in [0.3, 0.4) is 0 Å². The van der Waals surface area contributed by atoms with Crippen molar-refractivity contribution in [3.63, 3.8) is 0 Å². The van der Waals surface area contributed by atoms with Crippen LogP contribution in [-0.2, 0) is 11.3 Å². The van der Waals surface area contributed by atoms with Crippen molar-refractivity contribution in [2.45, 2.75) is 25.5 Å². The van der Waals surface area contributed by atoms with Crippen molar-refractivity contribution in [2.24, 2.45) is 0 Å². The van der Waals surface area contributed by atoms with Gasteiger partial charge in [-0.25, -0.2) is 0 Å². The number of benzene rings is 1. The molecule has 3 aromatic rings. The molecule has 130 valence electrons. The molecule has 3 rings (SSSR count). The standard InChI is InChI=1S/C16H16ClN5O2S/c1-9-10(2)22-15(19-14(9)24)20-21-16(22)25-8-13(23)18-7-11-5-3-4-6-12(11)17/h3-6H,7-8H2,1-2H3,(H,18,23)(H,19,20,24). The summed E-state index contributed by atoms with van der Waals surface area (Å²) >= 11 is 7.32. The Hall–Kier alpha value is -2.32. The van der Waals surface area contributed by atoms with Gasteiger partial charge in [0.15, 0.2) is 5.16 Å². The quantitative estimate of drug-likeness (QED) is 0.664. The number of hydrogen-bond donors (Lipinski definition) is 2. The van der Waals surface area contributed by atoms with Crippen LogP contribution in [0.5, 0.6) is 0 Å². The van der Waals surface area contributed by atoms with Crippen LogP contribution in [0.2, 0.25) is 5.02 Å². The number of carbonyl (C=O) groups excluding carboxylic acids is 1. The van der Waals surface area contributed by atoms with E-state index in [1.165, 1.54) is 11.8 Å². The van der Waals surface area contributed by atoms with E-state index in [9.17, 15) is 9.59 Å². The minimum atomic E-state index is -0.188. The number of aryl methyl sites for hydroxylation is 1. The maximum atomic E-state index is 12.1. The molecule has 0 unspecified atom stereocenters. The molecule has 0 aliphatic rings. The molecule has 1 aromatic carbocycles. The van der Waals surface area contributed by atoms with Gasteiger partial charge in [-0.05, 0) is 25.5 Å². The number of carbonyl (C=O) groups is 1. The first-order valence-corrected chi connectivity index (χ1v) is 8.91. The Balaban J connectivity index is 1.67. The summed E-state index contributed by atoms with van der Waals surface area (Å²) in [6.07, 6.45) is 0. The summed E-state index contributed by atoms with van der Waals surface area (Å²) in [7, 11) is 0. The molecule has 0 atom stereocenters. The second-order valence-corrected chi connectivity index (χ2v) is 6.81. The van der Waals surface area contributed by atoms with Crippen LogP contribution in [0, 0.1) is 13.8 Å². The van der Waals surface area contributed by atoms with Gasteiger partial charge in [0.1, 0.15) is 0 Å². The number of aromatic amines is 1. The number of thioether (sulfide) groups is 1. The number of halogens is 1. The van der Waals surface area contributed by atoms with Crippen LogP contribution in [0.25, 0.3) is 5.78 Å². The monoisotopic (exact) mass is 377 g/mol. The Labute approximate surface area is 152 Å². The van der Waals surface area contributed by atoms with Crippen molar-refractivity contribution in [3.8, 4) is 0 Å². The van der Waals surface area contributed by atoms with Gasteiger partial charge in [-0.3, -0.25) is 19.0 Å². The first-order valence-electron chi connectivity index (χ1n) is 7.55. The Kier molecular flexibility index (Phi) is 5.10. The summed E-state index contributed by atoms with van der Waals surface area (Å²) in [5.41, 5.74) is 2.02. The van der Waals surface area contributed by atoms with Gasteiger partial charge in [-0.15, -0.1) is 10.2 Å². The van der Waals surface area contributed by atoms with Gasteiger partial charge in [-0.2, -0.15) is 0 Å². The van der Waals surface area contributed by atoms with Gasteiger partial charge in [0.05, 0.1) is 5.75 Å². The minimum absolute atomic E-state index is 0.138. The van der Waals surface area contributed by atoms with Crippen molar-refractivity contribution in [3.05, 3.63) is 56.5 Å². The lowest BCUT2D eigenvalue weighted by molar-refractivity contribution is -0.118. The lowest BCUT2D eigenvalue weighted by atomic mass is 10.2. The minimum Gasteiger partial charge on any atom is -0.351 e. The summed E-state index contributed by atoms with van der Waals surface area (Å²) in [5, 5.41) is 12.0. The second-order valence-electron chi connectivity index (χ2n) is 5.46. The molecule has 0 aliphatic heterocycles. The Morgan fingerprint density at radius 2 is 2.08 bits per heavy atom. The summed E-state index contributed by atoms with van der Waals surface area (Å²) in [6.45, 7) is 3.92. The maximum Gasteiger partial charge on any atom is 0.255 e. The third-order valence-corrected chi connectivity index (χ3v) is 5.14. The molecule has 0 fully saturated rings. The van der Waals surface area contributed by atoms with Crippen molar-refractivity contribution in [1.29, 1.82) is 0 Å². The summed E-state index contributed by atoms with van der Waals surface area (Å²) in [6, 6.07) is 7.36. The number of nitrogens with one attached hydrogen (secondary N) is 2. The van der Waals surface area contributed by atoms with Gasteiger partial charge in [0.25, 0.3) is 5.56 Å². The molecular weight excluding hydrogens is 362 g/mol. The lowest BCUT2D eigenvalue weighted by Gasteiger charge is -2.07. The van der Waals surface area contributed by atoms with Gasteiger partial charge in [0.2, 0.25) is 11.7 Å². The summed E-state index contributed by atoms with van der Waals surface area (Å²) in [4.78, 5) is 26.5. The van der Waals surface area contributed by atoms with Crippen molar-refractivity contribution >= 4 is 35.0 Å². The van der Waals surface area contributed by atoms with Crippen molar-refractivity contribution < 1.29 is 4.79 Å². The fourth-order valence-corrected chi connectivity index (χ4v) is 3.31. The summed E-state index contributed by atoms with van der Waals surface area (Å²) in [5.74, 6) is 0.413. The smallest absolute Gasteiger partial charge is 0.255 e. The van der Waals surface area contributed by atoms with Gasteiger partial charge < -0.3 is 5.32 Å². The summed E-state index contributed by atoms with van der Waals surface area (Å²) < 4.78 is 1.74. The predicted molar refractivity (Wildman–Crippen MR) is 97.1 cm³/mol. The van der Waals surface area contributed by atoms with Crippen LogP contribution in [0.1, 0.15) is 16.8 Å². The fraction of sp³-hybridized carbons (Fsp3) is 0.250. The molecule has 0 saturated carbocycles. The highest BCUT2D eigenvalue weighted by molar-refractivity contribution is 7.99. The van der Waals surface area contributed by atoms with E-state index >= 15 is 0 Å². The van der Waals surface area contributed by atoms with E-state index < -0.39 is 0 Å². The van der Waals surface area contributed by atoms with Crippen LogP contribution in [0.4, 0.5) is 0 Å². The topological polar surface area (TPSA) is 92.2 Å². The van der Waals surface area contributed by atoms with E-state index in [-0.39, 0.29) is 17.2 Å². The Morgan fingerprint density at radius 3 is 2.84 bits per heavy atom. The van der Waals surface area contributed by atoms with Crippen LogP contribution in [-0.4, -0.2) is 31.2 Å². The zero-order valence-corrected chi connectivity index (χ0v) is 15.2. The van der Waals surface area contributed by atoms with Crippen LogP contribution >= 0.6 is 23.4 Å². The predicted octanol–water partition coefficient (Wildman–Crippen LogP) is 2.10. The first-order chi connectivity index (χ1) is 12.0. The van der Waals surface area contributed by atoms with E-state index in [4.69, 9.17) is 11.6 Å². The average Bonchev–Trinajstić information content (AvgIpc) is 3.00. The van der Waals surface area contributed by atoms with Crippen molar-refractivity contribution in [1.82, 2.24) is 24.9 Å². The van der Waals surface area contributed by atoms with Gasteiger partial charge >= 0.3 is 0 Å². The largest absolute Gasteiger partial charge is 0.351 e. The molecule has 25 heavy (non-hydrogen) atoms. The number of hydrogen-bond acceptors (Lipinski definition) is 5. The highest BCUT2D eigenvalue weighted by atomic mass is 35.5. The van der Waals surface area contributed by atoms with E-state index in [2.05, 4.69) is 20.5 Å². The zero-order valence-electron chi connectivity index (χ0n) is 13.7. The number of amides is 1. The first kappa shape index (κ1) is 17.5. The number of aromatic nitrogens is 4. The van der Waals surface area contributed by atoms with Gasteiger partial charge in [-0.1, -0.05) is 41.6 Å². The normalized spacial score (nSPS) is 11.0. The molecule has 0 saturated heterocycles. The molecule has 0 bridgehead atoms. The molecule has 2 N–H and O–H groups in total. The molecule has 9 heteroatoms. The highest BCUT2D eigenvalue weighted by Crippen LogP contribution is 2.18.